The first kappa shape index (κ1) is 30.7. The molecule has 4 aliphatic rings. The highest BCUT2D eigenvalue weighted by Crippen LogP contribution is 2.35. The molecule has 0 radical (unpaired) electrons. The van der Waals surface area contributed by atoms with E-state index in [2.05, 4.69) is 10.2 Å². The molecule has 14 heteroatoms. The Kier molecular flexibility index (Phi) is 8.10. The maximum absolute atomic E-state index is 14.2. The fourth-order valence-corrected chi connectivity index (χ4v) is 6.67. The number of rotatable bonds is 8. The molecule has 3 amide bonds. The van der Waals surface area contributed by atoms with Crippen LogP contribution in [0.1, 0.15) is 65.9 Å². The Morgan fingerprint density at radius 3 is 2.53 bits per heavy atom. The lowest BCUT2D eigenvalue weighted by atomic mass is 9.92. The van der Waals surface area contributed by atoms with Crippen LogP contribution in [-0.4, -0.2) is 88.1 Å². The van der Waals surface area contributed by atoms with Gasteiger partial charge in [-0.1, -0.05) is 6.07 Å². The van der Waals surface area contributed by atoms with Crippen molar-refractivity contribution in [1.82, 2.24) is 24.6 Å². The number of fused-ring (bicyclic) bond motifs is 4. The van der Waals surface area contributed by atoms with E-state index in [-0.39, 0.29) is 48.0 Å². The first-order valence-corrected chi connectivity index (χ1v) is 15.1. The van der Waals surface area contributed by atoms with Gasteiger partial charge >= 0.3 is 5.97 Å². The third kappa shape index (κ3) is 5.55. The van der Waals surface area contributed by atoms with Crippen molar-refractivity contribution in [2.75, 3.05) is 33.0 Å². The van der Waals surface area contributed by atoms with Crippen LogP contribution in [0, 0.1) is 17.0 Å². The average molecular weight is 628 g/mol. The fraction of sp³-hybridized carbons (Fsp3) is 0.516. The van der Waals surface area contributed by atoms with Gasteiger partial charge in [-0.2, -0.15) is 0 Å². The normalized spacial score (nSPS) is 20.9. The second kappa shape index (κ2) is 11.9. The molecule has 0 aliphatic carbocycles. The van der Waals surface area contributed by atoms with Crippen molar-refractivity contribution in [3.05, 3.63) is 63.1 Å². The van der Waals surface area contributed by atoms with E-state index in [4.69, 9.17) is 9.47 Å². The minimum atomic E-state index is -1.51. The van der Waals surface area contributed by atoms with E-state index in [0.717, 1.165) is 38.3 Å². The Morgan fingerprint density at radius 1 is 1.04 bits per heavy atom. The molecule has 2 atom stereocenters. The fourth-order valence-electron chi connectivity index (χ4n) is 6.67. The summed E-state index contributed by atoms with van der Waals surface area (Å²) in [6.45, 7) is 4.46. The van der Waals surface area contributed by atoms with Gasteiger partial charge in [-0.25, -0.2) is 8.78 Å². The number of aromatic nitrogens is 1. The van der Waals surface area contributed by atoms with E-state index in [0.29, 0.717) is 25.7 Å². The molecule has 45 heavy (non-hydrogen) atoms. The zero-order valence-corrected chi connectivity index (χ0v) is 25.1. The van der Waals surface area contributed by atoms with Gasteiger partial charge in [-0.05, 0) is 45.6 Å². The predicted octanol–water partition coefficient (Wildman–Crippen LogP) is 1.84. The number of hydrogen-bond donors (Lipinski definition) is 1. The summed E-state index contributed by atoms with van der Waals surface area (Å²) in [4.78, 5) is 72.1. The van der Waals surface area contributed by atoms with Crippen LogP contribution in [0.2, 0.25) is 0 Å². The molecule has 5 heterocycles. The molecule has 1 aromatic heterocycles. The Hall–Kier alpha value is -4.33. The van der Waals surface area contributed by atoms with Crippen molar-refractivity contribution in [3.63, 3.8) is 0 Å². The molecule has 3 saturated heterocycles. The molecule has 0 bridgehead atoms. The van der Waals surface area contributed by atoms with E-state index in [1.165, 1.54) is 30.7 Å². The SMILES string of the molecule is CC(C)(C(=O)OCOc1c2n(cc(C(=O)NCc3ccc(F)cc3F)c1=O)C[C@@H]1N(CC3CCCN31)C2=O)C(=O)N1CCCC1. The molecule has 3 fully saturated rings. The van der Waals surface area contributed by atoms with Crippen molar-refractivity contribution in [2.24, 2.45) is 5.41 Å². The molecule has 6 rings (SSSR count). The number of nitrogens with zero attached hydrogens (tertiary/aromatic N) is 4. The quantitative estimate of drug-likeness (QED) is 0.267. The summed E-state index contributed by atoms with van der Waals surface area (Å²) in [5.74, 6) is -4.66. The molecule has 12 nitrogen and oxygen atoms in total. The van der Waals surface area contributed by atoms with Gasteiger partial charge in [0.2, 0.25) is 23.9 Å². The van der Waals surface area contributed by atoms with Crippen LogP contribution in [-0.2, 0) is 27.4 Å². The average Bonchev–Trinajstić information content (AvgIpc) is 3.76. The van der Waals surface area contributed by atoms with E-state index in [1.54, 1.807) is 9.80 Å². The molecule has 1 unspecified atom stereocenters. The summed E-state index contributed by atoms with van der Waals surface area (Å²) in [5, 5.41) is 2.47. The number of benzene rings is 1. The van der Waals surface area contributed by atoms with E-state index < -0.39 is 52.8 Å². The standard InChI is InChI=1S/C31H35F2N5O7/c1-31(2,29(42)35-9-3-4-10-35)30(43)45-17-44-26-24-28(41)38-14-20-6-5-11-37(20)23(38)16-36(24)15-21(25(26)39)27(40)34-13-18-7-8-19(32)12-22(18)33/h7-8,12,15,20,23H,3-6,9-11,13-14,16-17H2,1-2H3,(H,34,40)/t20?,23-/m0/s1. The van der Waals surface area contributed by atoms with Crippen LogP contribution in [0.15, 0.2) is 29.2 Å². The predicted molar refractivity (Wildman–Crippen MR) is 154 cm³/mol. The second-order valence-corrected chi connectivity index (χ2v) is 12.4. The van der Waals surface area contributed by atoms with Crippen LogP contribution in [0.5, 0.6) is 5.75 Å². The lowest BCUT2D eigenvalue weighted by Gasteiger charge is -2.36. The first-order chi connectivity index (χ1) is 21.5. The summed E-state index contributed by atoms with van der Waals surface area (Å²) in [5.41, 5.74) is -2.88. The molecule has 2 aromatic rings. The van der Waals surface area contributed by atoms with Gasteiger partial charge in [-0.3, -0.25) is 28.9 Å². The van der Waals surface area contributed by atoms with Crippen LogP contribution < -0.4 is 15.5 Å². The Balaban J connectivity index is 1.26. The topological polar surface area (TPSA) is 130 Å². The van der Waals surface area contributed by atoms with E-state index >= 15 is 0 Å². The highest BCUT2D eigenvalue weighted by Gasteiger charge is 2.48. The number of pyridine rings is 1. The zero-order valence-electron chi connectivity index (χ0n) is 25.1. The molecule has 4 aliphatic heterocycles. The van der Waals surface area contributed by atoms with Crippen LogP contribution in [0.25, 0.3) is 0 Å². The molecule has 0 saturated carbocycles. The summed E-state index contributed by atoms with van der Waals surface area (Å²) in [6.07, 6.45) is 4.65. The lowest BCUT2D eigenvalue weighted by molar-refractivity contribution is -0.167. The van der Waals surface area contributed by atoms with Crippen molar-refractivity contribution >= 4 is 23.7 Å². The van der Waals surface area contributed by atoms with Gasteiger partial charge in [-0.15, -0.1) is 0 Å². The molecule has 240 valence electrons. The number of halogens is 2. The van der Waals surface area contributed by atoms with Crippen molar-refractivity contribution in [1.29, 1.82) is 0 Å². The maximum Gasteiger partial charge on any atom is 0.323 e. The smallest absolute Gasteiger partial charge is 0.323 e. The minimum Gasteiger partial charge on any atom is -0.451 e. The number of likely N-dealkylation sites (tertiary alicyclic amines) is 1. The molecule has 1 N–H and O–H groups in total. The lowest BCUT2D eigenvalue weighted by Crippen LogP contribution is -2.51. The second-order valence-electron chi connectivity index (χ2n) is 12.4. The van der Waals surface area contributed by atoms with Gasteiger partial charge in [0, 0.05) is 56.6 Å². The molecular weight excluding hydrogens is 592 g/mol. The van der Waals surface area contributed by atoms with Crippen molar-refractivity contribution < 1.29 is 37.4 Å². The Labute approximate surface area is 257 Å². The maximum atomic E-state index is 14.2. The summed E-state index contributed by atoms with van der Waals surface area (Å²) in [6, 6.07) is 3.11. The third-order valence-electron chi connectivity index (χ3n) is 9.16. The number of esters is 1. The molecule has 0 spiro atoms. The number of ether oxygens (including phenoxy) is 2. The van der Waals surface area contributed by atoms with Crippen LogP contribution in [0.4, 0.5) is 8.78 Å². The van der Waals surface area contributed by atoms with Crippen molar-refractivity contribution in [2.45, 2.75) is 64.8 Å². The minimum absolute atomic E-state index is 0.00846. The number of carbonyl (C=O) groups is 4. The van der Waals surface area contributed by atoms with E-state index in [9.17, 15) is 32.8 Å². The summed E-state index contributed by atoms with van der Waals surface area (Å²) in [7, 11) is 0. The number of carbonyl (C=O) groups excluding carboxylic acids is 4. The van der Waals surface area contributed by atoms with Gasteiger partial charge in [0.05, 0.1) is 6.54 Å². The summed E-state index contributed by atoms with van der Waals surface area (Å²) >= 11 is 0. The number of amides is 3. The van der Waals surface area contributed by atoms with Crippen molar-refractivity contribution in [3.8, 4) is 5.75 Å². The largest absolute Gasteiger partial charge is 0.451 e. The monoisotopic (exact) mass is 627 g/mol. The van der Waals surface area contributed by atoms with Gasteiger partial charge < -0.3 is 29.2 Å². The van der Waals surface area contributed by atoms with E-state index in [1.807, 2.05) is 0 Å². The van der Waals surface area contributed by atoms with Crippen LogP contribution >= 0.6 is 0 Å². The highest BCUT2D eigenvalue weighted by molar-refractivity contribution is 6.02. The van der Waals surface area contributed by atoms with Crippen LogP contribution in [0.3, 0.4) is 0 Å². The molecule has 1 aromatic carbocycles. The summed E-state index contributed by atoms with van der Waals surface area (Å²) < 4.78 is 40.0. The van der Waals surface area contributed by atoms with Gasteiger partial charge in [0.15, 0.2) is 5.69 Å². The highest BCUT2D eigenvalue weighted by atomic mass is 19.1. The Morgan fingerprint density at radius 2 is 1.80 bits per heavy atom. The zero-order chi connectivity index (χ0) is 32.0. The number of hydrogen-bond acceptors (Lipinski definition) is 8. The number of nitrogens with one attached hydrogen (secondary N) is 1. The first-order valence-electron chi connectivity index (χ1n) is 15.1. The Bertz CT molecular complexity index is 1620. The van der Waals surface area contributed by atoms with Gasteiger partial charge in [0.1, 0.15) is 28.8 Å². The third-order valence-corrected chi connectivity index (χ3v) is 9.16. The molecular formula is C31H35F2N5O7. The van der Waals surface area contributed by atoms with Gasteiger partial charge in [0.25, 0.3) is 11.8 Å².